The molecule has 0 unspecified atom stereocenters. The molecule has 148 valence electrons. The van der Waals surface area contributed by atoms with Gasteiger partial charge >= 0.3 is 0 Å². The van der Waals surface area contributed by atoms with Crippen LogP contribution in [0.3, 0.4) is 0 Å². The number of anilines is 2. The first-order valence-corrected chi connectivity index (χ1v) is 9.32. The van der Waals surface area contributed by atoms with E-state index in [1.54, 1.807) is 29.2 Å². The van der Waals surface area contributed by atoms with Crippen LogP contribution in [0.25, 0.3) is 16.9 Å². The fraction of sp³-hybridized carbons (Fsp3) is 0.0952. The molecule has 1 N–H and O–H groups in total. The highest BCUT2D eigenvalue weighted by Gasteiger charge is 2.10. The van der Waals surface area contributed by atoms with Crippen LogP contribution in [0, 0.1) is 5.82 Å². The predicted molar refractivity (Wildman–Crippen MR) is 110 cm³/mol. The number of benzene rings is 1. The van der Waals surface area contributed by atoms with Crippen molar-refractivity contribution in [3.63, 3.8) is 0 Å². The molecular formula is C21H17FN8. The molecule has 1 aromatic carbocycles. The minimum absolute atomic E-state index is 0.253. The molecular weight excluding hydrogens is 383 g/mol. The first kappa shape index (κ1) is 17.9. The third-order valence-electron chi connectivity index (χ3n) is 4.77. The third-order valence-corrected chi connectivity index (χ3v) is 4.77. The topological polar surface area (TPSA) is 85.8 Å². The molecule has 0 saturated heterocycles. The zero-order chi connectivity index (χ0) is 20.5. The molecule has 5 aromatic rings. The summed E-state index contributed by atoms with van der Waals surface area (Å²) < 4.78 is 16.8. The minimum Gasteiger partial charge on any atom is -0.309 e. The number of pyridine rings is 1. The molecule has 0 amide bonds. The number of aryl methyl sites for hydroxylation is 1. The summed E-state index contributed by atoms with van der Waals surface area (Å²) in [5.74, 6) is 1.81. The quantitative estimate of drug-likeness (QED) is 0.487. The van der Waals surface area contributed by atoms with Gasteiger partial charge in [0.1, 0.15) is 17.5 Å². The molecule has 30 heavy (non-hydrogen) atoms. The molecule has 8 nitrogen and oxygen atoms in total. The Hall–Kier alpha value is -4.14. The molecule has 0 aliphatic rings. The van der Waals surface area contributed by atoms with E-state index in [9.17, 15) is 4.39 Å². The van der Waals surface area contributed by atoms with Crippen molar-refractivity contribution in [1.29, 1.82) is 0 Å². The van der Waals surface area contributed by atoms with E-state index in [1.807, 2.05) is 41.9 Å². The van der Waals surface area contributed by atoms with Crippen molar-refractivity contribution in [2.24, 2.45) is 7.05 Å². The summed E-state index contributed by atoms with van der Waals surface area (Å²) >= 11 is 0. The van der Waals surface area contributed by atoms with Gasteiger partial charge in [-0.15, -0.1) is 10.2 Å². The number of aromatic nitrogens is 7. The van der Waals surface area contributed by atoms with Crippen molar-refractivity contribution in [2.45, 2.75) is 6.42 Å². The van der Waals surface area contributed by atoms with Crippen LogP contribution in [0.15, 0.2) is 67.1 Å². The van der Waals surface area contributed by atoms with Crippen LogP contribution in [0.1, 0.15) is 11.4 Å². The van der Waals surface area contributed by atoms with E-state index in [2.05, 4.69) is 30.6 Å². The molecule has 0 bridgehead atoms. The summed E-state index contributed by atoms with van der Waals surface area (Å²) in [6.45, 7) is 0. The Morgan fingerprint density at radius 1 is 1.00 bits per heavy atom. The zero-order valence-corrected chi connectivity index (χ0v) is 16.1. The monoisotopic (exact) mass is 400 g/mol. The van der Waals surface area contributed by atoms with Crippen LogP contribution in [-0.2, 0) is 13.5 Å². The second-order valence-corrected chi connectivity index (χ2v) is 6.79. The lowest BCUT2D eigenvalue weighted by atomic mass is 10.1. The molecule has 0 atom stereocenters. The fourth-order valence-electron chi connectivity index (χ4n) is 3.20. The lowest BCUT2D eigenvalue weighted by Crippen LogP contribution is -2.03. The van der Waals surface area contributed by atoms with E-state index in [4.69, 9.17) is 0 Å². The van der Waals surface area contributed by atoms with Gasteiger partial charge < -0.3 is 5.32 Å². The maximum atomic E-state index is 13.1. The lowest BCUT2D eigenvalue weighted by molar-refractivity contribution is 0.627. The van der Waals surface area contributed by atoms with E-state index in [-0.39, 0.29) is 5.82 Å². The van der Waals surface area contributed by atoms with Gasteiger partial charge in [0, 0.05) is 37.5 Å². The number of hydrogen-bond donors (Lipinski definition) is 1. The fourth-order valence-corrected chi connectivity index (χ4v) is 3.20. The third kappa shape index (κ3) is 3.48. The number of fused-ring (bicyclic) bond motifs is 1. The maximum Gasteiger partial charge on any atom is 0.228 e. The Balaban J connectivity index is 1.42. The molecule has 4 heterocycles. The smallest absolute Gasteiger partial charge is 0.228 e. The van der Waals surface area contributed by atoms with Gasteiger partial charge in [-0.2, -0.15) is 5.10 Å². The van der Waals surface area contributed by atoms with E-state index in [0.717, 1.165) is 28.5 Å². The molecule has 0 radical (unpaired) electrons. The molecule has 5 rings (SSSR count). The molecule has 0 spiro atoms. The molecule has 0 aliphatic carbocycles. The van der Waals surface area contributed by atoms with Gasteiger partial charge in [0.25, 0.3) is 0 Å². The Morgan fingerprint density at radius 2 is 1.87 bits per heavy atom. The standard InChI is InChI=1S/C21H17FN8/c1-29-18(7-10-24-29)26-21-23-9-6-17(25-21)15-8-11-30-19(27-28-20(30)13-15)12-14-2-4-16(22)5-3-14/h2-11,13H,12H2,1H3,(H,23,25,26). The van der Waals surface area contributed by atoms with Crippen molar-refractivity contribution in [2.75, 3.05) is 5.32 Å². The summed E-state index contributed by atoms with van der Waals surface area (Å²) in [5.41, 5.74) is 3.35. The van der Waals surface area contributed by atoms with Gasteiger partial charge in [-0.05, 0) is 35.9 Å². The molecule has 4 aromatic heterocycles. The summed E-state index contributed by atoms with van der Waals surface area (Å²) in [7, 11) is 1.84. The highest BCUT2D eigenvalue weighted by molar-refractivity contribution is 5.65. The Morgan fingerprint density at radius 3 is 2.67 bits per heavy atom. The van der Waals surface area contributed by atoms with Gasteiger partial charge in [-0.1, -0.05) is 12.1 Å². The van der Waals surface area contributed by atoms with Crippen molar-refractivity contribution in [3.8, 4) is 11.3 Å². The number of rotatable bonds is 5. The molecule has 9 heteroatoms. The molecule has 0 fully saturated rings. The van der Waals surface area contributed by atoms with E-state index < -0.39 is 0 Å². The highest BCUT2D eigenvalue weighted by Crippen LogP contribution is 2.21. The van der Waals surface area contributed by atoms with E-state index >= 15 is 0 Å². The first-order chi connectivity index (χ1) is 14.7. The van der Waals surface area contributed by atoms with Crippen molar-refractivity contribution < 1.29 is 4.39 Å². The Bertz CT molecular complexity index is 1320. The summed E-state index contributed by atoms with van der Waals surface area (Å²) in [5, 5.41) is 15.9. The first-order valence-electron chi connectivity index (χ1n) is 9.32. The second kappa shape index (κ2) is 7.36. The highest BCUT2D eigenvalue weighted by atomic mass is 19.1. The summed E-state index contributed by atoms with van der Waals surface area (Å²) in [6.07, 6.45) is 5.89. The lowest BCUT2D eigenvalue weighted by Gasteiger charge is -2.07. The van der Waals surface area contributed by atoms with Gasteiger partial charge in [0.05, 0.1) is 11.9 Å². The van der Waals surface area contributed by atoms with Gasteiger partial charge in [0.15, 0.2) is 5.65 Å². The zero-order valence-electron chi connectivity index (χ0n) is 16.1. The van der Waals surface area contributed by atoms with Gasteiger partial charge in [0.2, 0.25) is 5.95 Å². The van der Waals surface area contributed by atoms with Crippen LogP contribution < -0.4 is 5.32 Å². The van der Waals surface area contributed by atoms with Crippen LogP contribution in [0.5, 0.6) is 0 Å². The van der Waals surface area contributed by atoms with Crippen molar-refractivity contribution in [1.82, 2.24) is 34.3 Å². The van der Waals surface area contributed by atoms with Crippen LogP contribution in [-0.4, -0.2) is 34.3 Å². The van der Waals surface area contributed by atoms with Crippen molar-refractivity contribution in [3.05, 3.63) is 84.3 Å². The SMILES string of the molecule is Cn1nccc1Nc1nccc(-c2ccn3c(Cc4ccc(F)cc4)nnc3c2)n1. The maximum absolute atomic E-state index is 13.1. The average molecular weight is 400 g/mol. The molecule has 0 saturated carbocycles. The van der Waals surface area contributed by atoms with E-state index in [1.165, 1.54) is 12.1 Å². The Labute approximate surface area is 171 Å². The van der Waals surface area contributed by atoms with Crippen molar-refractivity contribution >= 4 is 17.4 Å². The van der Waals surface area contributed by atoms with Crippen LogP contribution >= 0.6 is 0 Å². The Kier molecular flexibility index (Phi) is 4.40. The van der Waals surface area contributed by atoms with Gasteiger partial charge in [-0.25, -0.2) is 14.4 Å². The number of nitrogens with one attached hydrogen (secondary N) is 1. The van der Waals surface area contributed by atoms with Crippen LogP contribution in [0.2, 0.25) is 0 Å². The number of hydrogen-bond acceptors (Lipinski definition) is 6. The van der Waals surface area contributed by atoms with Gasteiger partial charge in [-0.3, -0.25) is 9.08 Å². The largest absolute Gasteiger partial charge is 0.309 e. The predicted octanol–water partition coefficient (Wildman–Crippen LogP) is 3.39. The second-order valence-electron chi connectivity index (χ2n) is 6.79. The van der Waals surface area contributed by atoms with E-state index in [0.29, 0.717) is 18.0 Å². The normalized spacial score (nSPS) is 11.1. The van der Waals surface area contributed by atoms with Crippen LogP contribution in [0.4, 0.5) is 16.2 Å². The average Bonchev–Trinajstić information content (AvgIpc) is 3.35. The summed E-state index contributed by atoms with van der Waals surface area (Å²) in [4.78, 5) is 8.87. The number of halogens is 1. The number of nitrogens with zero attached hydrogens (tertiary/aromatic N) is 7. The summed E-state index contributed by atoms with van der Waals surface area (Å²) in [6, 6.07) is 14.0. The minimum atomic E-state index is -0.253. The molecule has 0 aliphatic heterocycles.